The molecule has 0 N–H and O–H groups in total. The molecule has 0 aromatic carbocycles. The van der Waals surface area contributed by atoms with E-state index in [-0.39, 0.29) is 0 Å². The number of halogens is 2. The highest BCUT2D eigenvalue weighted by molar-refractivity contribution is 9.10. The van der Waals surface area contributed by atoms with E-state index in [4.69, 9.17) is 4.42 Å². The Morgan fingerprint density at radius 3 is 2.67 bits per heavy atom. The second-order valence-corrected chi connectivity index (χ2v) is 4.24. The summed E-state index contributed by atoms with van der Waals surface area (Å²) in [5.41, 5.74) is 2.03. The lowest BCUT2D eigenvalue weighted by atomic mass is 10.4. The van der Waals surface area contributed by atoms with Crippen molar-refractivity contribution in [3.8, 4) is 0 Å². The Kier molecular flexibility index (Phi) is 1.93. The van der Waals surface area contributed by atoms with E-state index >= 15 is 0 Å². The zero-order chi connectivity index (χ0) is 10.4. The van der Waals surface area contributed by atoms with Crippen molar-refractivity contribution in [1.29, 1.82) is 0 Å². The Morgan fingerprint density at radius 2 is 1.80 bits per heavy atom. The summed E-state index contributed by atoms with van der Waals surface area (Å²) in [6.07, 6.45) is 0. The van der Waals surface area contributed by atoms with Gasteiger partial charge in [0.15, 0.2) is 16.6 Å². The second kappa shape index (κ2) is 3.17. The highest BCUT2D eigenvalue weighted by Gasteiger charge is 2.12. The summed E-state index contributed by atoms with van der Waals surface area (Å²) in [4.78, 5) is 4.04. The maximum atomic E-state index is 5.44. The van der Waals surface area contributed by atoms with E-state index < -0.39 is 0 Å². The molecule has 0 bridgehead atoms. The quantitative estimate of drug-likeness (QED) is 0.628. The van der Waals surface area contributed by atoms with Gasteiger partial charge in [0.25, 0.3) is 5.71 Å². The molecule has 3 heterocycles. The van der Waals surface area contributed by atoms with Crippen LogP contribution in [0, 0.1) is 0 Å². The zero-order valence-corrected chi connectivity index (χ0v) is 10.1. The first-order valence-electron chi connectivity index (χ1n) is 3.86. The van der Waals surface area contributed by atoms with Crippen molar-refractivity contribution in [3.63, 3.8) is 0 Å². The predicted octanol–water partition coefficient (Wildman–Crippen LogP) is 2.09. The van der Waals surface area contributed by atoms with Crippen LogP contribution < -0.4 is 0 Å². The minimum atomic E-state index is 0.376. The lowest BCUT2D eigenvalue weighted by molar-refractivity contribution is 0.646. The first-order chi connectivity index (χ1) is 7.24. The van der Waals surface area contributed by atoms with Crippen LogP contribution in [0.4, 0.5) is 0 Å². The predicted molar refractivity (Wildman–Crippen MR) is 58.1 cm³/mol. The van der Waals surface area contributed by atoms with Crippen molar-refractivity contribution in [1.82, 2.24) is 25.4 Å². The molecule has 74 valence electrons. The van der Waals surface area contributed by atoms with Gasteiger partial charge in [-0.25, -0.2) is 0 Å². The number of aromatic nitrogens is 5. The maximum Gasteiger partial charge on any atom is 0.252 e. The van der Waals surface area contributed by atoms with Crippen LogP contribution in [-0.4, -0.2) is 25.4 Å². The summed E-state index contributed by atoms with van der Waals surface area (Å²) in [5, 5.41) is 15.5. The van der Waals surface area contributed by atoms with Gasteiger partial charge in [-0.2, -0.15) is 4.98 Å². The van der Waals surface area contributed by atoms with Crippen molar-refractivity contribution in [2.75, 3.05) is 0 Å². The van der Waals surface area contributed by atoms with Crippen molar-refractivity contribution in [2.24, 2.45) is 0 Å². The summed E-state index contributed by atoms with van der Waals surface area (Å²) < 4.78 is 6.41. The molecule has 0 atom stereocenters. The van der Waals surface area contributed by atoms with Gasteiger partial charge in [-0.05, 0) is 31.9 Å². The average Bonchev–Trinajstić information content (AvgIpc) is 2.53. The fraction of sp³-hybridized carbons (Fsp3) is 0. The maximum absolute atomic E-state index is 5.44. The molecule has 0 fully saturated rings. The van der Waals surface area contributed by atoms with Crippen molar-refractivity contribution in [2.45, 2.75) is 0 Å². The third-order valence-electron chi connectivity index (χ3n) is 1.79. The molecule has 0 unspecified atom stereocenters. The zero-order valence-electron chi connectivity index (χ0n) is 6.98. The number of hydrogen-bond acceptors (Lipinski definition) is 6. The van der Waals surface area contributed by atoms with Crippen LogP contribution in [0.15, 0.2) is 19.8 Å². The van der Waals surface area contributed by atoms with E-state index in [9.17, 15) is 0 Å². The fourth-order valence-electron chi connectivity index (χ4n) is 1.21. The summed E-state index contributed by atoms with van der Waals surface area (Å²) in [5.74, 6) is 0. The number of hydrogen-bond donors (Lipinski definition) is 0. The summed E-state index contributed by atoms with van der Waals surface area (Å²) in [6, 6.07) is 1.71. The van der Waals surface area contributed by atoms with Gasteiger partial charge in [0, 0.05) is 6.07 Å². The number of nitrogens with zero attached hydrogens (tertiary/aromatic N) is 5. The summed E-state index contributed by atoms with van der Waals surface area (Å²) >= 11 is 6.32. The molecular weight excluding hydrogens is 330 g/mol. The third kappa shape index (κ3) is 1.40. The van der Waals surface area contributed by atoms with Gasteiger partial charge >= 0.3 is 0 Å². The monoisotopic (exact) mass is 329 g/mol. The molecule has 0 amide bonds. The Bertz CT molecular complexity index is 611. The Balaban J connectivity index is 2.51. The molecule has 0 spiro atoms. The van der Waals surface area contributed by atoms with E-state index in [0.717, 1.165) is 0 Å². The largest absolute Gasteiger partial charge is 0.434 e. The van der Waals surface area contributed by atoms with Crippen molar-refractivity contribution < 1.29 is 4.42 Å². The number of fused-ring (bicyclic) bond motifs is 3. The molecule has 3 rings (SSSR count). The summed E-state index contributed by atoms with van der Waals surface area (Å²) in [6.45, 7) is 0. The number of furan rings is 1. The molecule has 0 saturated carbocycles. The molecule has 3 aromatic rings. The molecule has 0 aliphatic rings. The van der Waals surface area contributed by atoms with Crippen LogP contribution in [0.3, 0.4) is 0 Å². The Morgan fingerprint density at radius 1 is 1.00 bits per heavy atom. The first kappa shape index (κ1) is 9.10. The van der Waals surface area contributed by atoms with Crippen LogP contribution in [0.5, 0.6) is 0 Å². The molecule has 8 heteroatoms. The molecule has 15 heavy (non-hydrogen) atoms. The molecule has 6 nitrogen and oxygen atoms in total. The fourth-order valence-corrected chi connectivity index (χ4v) is 1.74. The minimum Gasteiger partial charge on any atom is -0.434 e. The lowest BCUT2D eigenvalue weighted by Gasteiger charge is -1.86. The third-order valence-corrected chi connectivity index (χ3v) is 2.51. The van der Waals surface area contributed by atoms with E-state index in [0.29, 0.717) is 31.7 Å². The van der Waals surface area contributed by atoms with Crippen LogP contribution in [0.2, 0.25) is 0 Å². The lowest BCUT2D eigenvalue weighted by Crippen LogP contribution is -1.88. The van der Waals surface area contributed by atoms with Crippen LogP contribution in [0.25, 0.3) is 22.3 Å². The van der Waals surface area contributed by atoms with Gasteiger partial charge in [0.1, 0.15) is 4.60 Å². The van der Waals surface area contributed by atoms with Gasteiger partial charge in [0.2, 0.25) is 4.73 Å². The van der Waals surface area contributed by atoms with Gasteiger partial charge in [-0.15, -0.1) is 20.4 Å². The van der Waals surface area contributed by atoms with Crippen molar-refractivity contribution >= 4 is 54.2 Å². The molecule has 0 aliphatic carbocycles. The standard InChI is InChI=1S/C7HBr2N5O/c8-3-1-2-4(12-11-3)5-6(15-2)10-7(9)14-13-5/h1H. The molecular formula is C7HBr2N5O. The smallest absolute Gasteiger partial charge is 0.252 e. The SMILES string of the molecule is Brc1cc2oc3nc(Br)nnc3c2nn1. The first-order valence-corrected chi connectivity index (χ1v) is 5.44. The van der Waals surface area contributed by atoms with Crippen LogP contribution in [0.1, 0.15) is 0 Å². The molecule has 0 radical (unpaired) electrons. The minimum absolute atomic E-state index is 0.376. The van der Waals surface area contributed by atoms with E-state index in [2.05, 4.69) is 57.2 Å². The van der Waals surface area contributed by atoms with Crippen LogP contribution in [-0.2, 0) is 0 Å². The number of rotatable bonds is 0. The van der Waals surface area contributed by atoms with Gasteiger partial charge in [0.05, 0.1) is 0 Å². The normalized spacial score (nSPS) is 11.3. The topological polar surface area (TPSA) is 77.6 Å². The molecule has 0 aliphatic heterocycles. The van der Waals surface area contributed by atoms with Crippen molar-refractivity contribution in [3.05, 3.63) is 15.4 Å². The Labute approximate surface area is 99.4 Å². The van der Waals surface area contributed by atoms with E-state index in [1.165, 1.54) is 0 Å². The van der Waals surface area contributed by atoms with E-state index in [1.54, 1.807) is 6.07 Å². The highest BCUT2D eigenvalue weighted by Crippen LogP contribution is 2.24. The van der Waals surface area contributed by atoms with Crippen LogP contribution >= 0.6 is 31.9 Å². The van der Waals surface area contributed by atoms with Gasteiger partial charge in [-0.1, -0.05) is 0 Å². The second-order valence-electron chi connectivity index (χ2n) is 2.72. The average molecular weight is 331 g/mol. The van der Waals surface area contributed by atoms with E-state index in [1.807, 2.05) is 0 Å². The summed E-state index contributed by atoms with van der Waals surface area (Å²) in [7, 11) is 0. The highest BCUT2D eigenvalue weighted by atomic mass is 79.9. The Hall–Kier alpha value is -1.15. The van der Waals surface area contributed by atoms with Gasteiger partial charge < -0.3 is 4.42 Å². The molecule has 0 saturated heterocycles. The van der Waals surface area contributed by atoms with Gasteiger partial charge in [-0.3, -0.25) is 0 Å². The molecule has 3 aromatic heterocycles.